The minimum atomic E-state index is -1.09. The van der Waals surface area contributed by atoms with Gasteiger partial charge < -0.3 is 15.2 Å². The number of nitrogens with one attached hydrogen (secondary N) is 1. The lowest BCUT2D eigenvalue weighted by molar-refractivity contribution is -0.148. The largest absolute Gasteiger partial charge is 0.459 e. The molecule has 5 nitrogen and oxygen atoms in total. The van der Waals surface area contributed by atoms with Gasteiger partial charge in [0.25, 0.3) is 5.91 Å². The molecule has 0 bridgehead atoms. The number of aliphatic hydroxyl groups excluding tert-OH is 1. The van der Waals surface area contributed by atoms with Crippen LogP contribution in [0.15, 0.2) is 60.7 Å². The standard InChI is InChI=1S/C17H17NO4/c19-11-15(18-16(20)14-9-5-2-6-10-14)17(21)22-12-13-7-3-1-4-8-13/h1-10,15,19H,11-12H2,(H,18,20). The molecule has 5 heteroatoms. The number of amides is 1. The molecule has 0 saturated carbocycles. The van der Waals surface area contributed by atoms with Crippen LogP contribution in [0.25, 0.3) is 0 Å². The summed E-state index contributed by atoms with van der Waals surface area (Å²) in [4.78, 5) is 23.9. The fraction of sp³-hybridized carbons (Fsp3) is 0.176. The third-order valence-electron chi connectivity index (χ3n) is 3.03. The van der Waals surface area contributed by atoms with Gasteiger partial charge in [-0.3, -0.25) is 4.79 Å². The van der Waals surface area contributed by atoms with Crippen LogP contribution in [0.4, 0.5) is 0 Å². The summed E-state index contributed by atoms with van der Waals surface area (Å²) in [5.41, 5.74) is 1.25. The second-order valence-electron chi connectivity index (χ2n) is 4.67. The number of esters is 1. The molecule has 1 atom stereocenters. The summed E-state index contributed by atoms with van der Waals surface area (Å²) < 4.78 is 5.10. The van der Waals surface area contributed by atoms with Gasteiger partial charge >= 0.3 is 5.97 Å². The predicted octanol–water partition coefficient (Wildman–Crippen LogP) is 1.52. The van der Waals surface area contributed by atoms with Crippen LogP contribution in [0.3, 0.4) is 0 Å². The first-order valence-corrected chi connectivity index (χ1v) is 6.88. The Balaban J connectivity index is 1.90. The maximum atomic E-state index is 12.0. The molecule has 0 aromatic heterocycles. The van der Waals surface area contributed by atoms with E-state index in [9.17, 15) is 14.7 Å². The SMILES string of the molecule is O=C(NC(CO)C(=O)OCc1ccccc1)c1ccccc1. The smallest absolute Gasteiger partial charge is 0.331 e. The Kier molecular flexibility index (Phi) is 5.68. The number of hydrogen-bond acceptors (Lipinski definition) is 4. The normalized spacial score (nSPS) is 11.5. The molecule has 0 aliphatic carbocycles. The van der Waals surface area contributed by atoms with E-state index in [1.807, 2.05) is 30.3 Å². The number of aliphatic hydroxyl groups is 1. The van der Waals surface area contributed by atoms with Gasteiger partial charge in [-0.25, -0.2) is 4.79 Å². The highest BCUT2D eigenvalue weighted by Crippen LogP contribution is 2.03. The van der Waals surface area contributed by atoms with Crippen molar-refractivity contribution < 1.29 is 19.4 Å². The molecule has 1 unspecified atom stereocenters. The van der Waals surface area contributed by atoms with Crippen LogP contribution in [0, 0.1) is 0 Å². The maximum absolute atomic E-state index is 12.0. The third kappa shape index (κ3) is 4.43. The molecule has 22 heavy (non-hydrogen) atoms. The molecular weight excluding hydrogens is 282 g/mol. The zero-order valence-electron chi connectivity index (χ0n) is 11.9. The predicted molar refractivity (Wildman–Crippen MR) is 81.0 cm³/mol. The number of carbonyl (C=O) groups excluding carboxylic acids is 2. The van der Waals surface area contributed by atoms with Crippen molar-refractivity contribution in [3.63, 3.8) is 0 Å². The zero-order chi connectivity index (χ0) is 15.8. The van der Waals surface area contributed by atoms with Gasteiger partial charge in [-0.15, -0.1) is 0 Å². The van der Waals surface area contributed by atoms with Crippen molar-refractivity contribution in [2.24, 2.45) is 0 Å². The Labute approximate surface area is 128 Å². The average molecular weight is 299 g/mol. The highest BCUT2D eigenvalue weighted by molar-refractivity contribution is 5.96. The summed E-state index contributed by atoms with van der Waals surface area (Å²) in [5, 5.41) is 11.7. The van der Waals surface area contributed by atoms with Gasteiger partial charge in [0.15, 0.2) is 6.04 Å². The third-order valence-corrected chi connectivity index (χ3v) is 3.03. The van der Waals surface area contributed by atoms with Crippen molar-refractivity contribution in [3.05, 3.63) is 71.8 Å². The molecule has 2 N–H and O–H groups in total. The summed E-state index contributed by atoms with van der Waals surface area (Å²) in [6.07, 6.45) is 0. The Morgan fingerprint density at radius 1 is 1.00 bits per heavy atom. The van der Waals surface area contributed by atoms with Crippen LogP contribution in [-0.4, -0.2) is 29.6 Å². The molecule has 2 rings (SSSR count). The van der Waals surface area contributed by atoms with E-state index in [0.717, 1.165) is 5.56 Å². The second-order valence-corrected chi connectivity index (χ2v) is 4.67. The van der Waals surface area contributed by atoms with Gasteiger partial charge in [0.05, 0.1) is 6.61 Å². The minimum absolute atomic E-state index is 0.0946. The lowest BCUT2D eigenvalue weighted by Crippen LogP contribution is -2.44. The summed E-state index contributed by atoms with van der Waals surface area (Å²) in [6, 6.07) is 16.6. The van der Waals surface area contributed by atoms with E-state index in [2.05, 4.69) is 5.32 Å². The summed E-state index contributed by atoms with van der Waals surface area (Å²) in [5.74, 6) is -1.10. The molecule has 2 aromatic rings. The average Bonchev–Trinajstić information content (AvgIpc) is 2.59. The van der Waals surface area contributed by atoms with Crippen molar-refractivity contribution >= 4 is 11.9 Å². The van der Waals surface area contributed by atoms with E-state index >= 15 is 0 Å². The van der Waals surface area contributed by atoms with Crippen molar-refractivity contribution in [3.8, 4) is 0 Å². The van der Waals surface area contributed by atoms with E-state index in [-0.39, 0.29) is 6.61 Å². The number of hydrogen-bond donors (Lipinski definition) is 2. The molecule has 0 spiro atoms. The van der Waals surface area contributed by atoms with Crippen LogP contribution in [0.5, 0.6) is 0 Å². The van der Waals surface area contributed by atoms with Crippen molar-refractivity contribution in [2.45, 2.75) is 12.6 Å². The Bertz CT molecular complexity index is 613. The highest BCUT2D eigenvalue weighted by atomic mass is 16.5. The Morgan fingerprint density at radius 2 is 1.59 bits per heavy atom. The van der Waals surface area contributed by atoms with Crippen molar-refractivity contribution in [1.29, 1.82) is 0 Å². The summed E-state index contributed by atoms with van der Waals surface area (Å²) >= 11 is 0. The van der Waals surface area contributed by atoms with E-state index in [0.29, 0.717) is 5.56 Å². The molecule has 1 amide bonds. The Hall–Kier alpha value is -2.66. The topological polar surface area (TPSA) is 75.6 Å². The van der Waals surface area contributed by atoms with Crippen molar-refractivity contribution in [2.75, 3.05) is 6.61 Å². The van der Waals surface area contributed by atoms with Gasteiger partial charge in [-0.05, 0) is 17.7 Å². The Morgan fingerprint density at radius 3 is 2.18 bits per heavy atom. The molecule has 2 aromatic carbocycles. The van der Waals surface area contributed by atoms with Crippen LogP contribution in [-0.2, 0) is 16.1 Å². The molecule has 0 saturated heterocycles. The minimum Gasteiger partial charge on any atom is -0.459 e. The van der Waals surface area contributed by atoms with Gasteiger partial charge in [0, 0.05) is 5.56 Å². The van der Waals surface area contributed by atoms with Crippen LogP contribution in [0.1, 0.15) is 15.9 Å². The highest BCUT2D eigenvalue weighted by Gasteiger charge is 2.22. The van der Waals surface area contributed by atoms with Crippen LogP contribution in [0.2, 0.25) is 0 Å². The fourth-order valence-corrected chi connectivity index (χ4v) is 1.84. The molecule has 0 aliphatic heterocycles. The fourth-order valence-electron chi connectivity index (χ4n) is 1.84. The first kappa shape index (κ1) is 15.7. The van der Waals surface area contributed by atoms with E-state index in [1.165, 1.54) is 0 Å². The van der Waals surface area contributed by atoms with Crippen molar-refractivity contribution in [1.82, 2.24) is 5.32 Å². The second kappa shape index (κ2) is 7.95. The van der Waals surface area contributed by atoms with Gasteiger partial charge in [0.2, 0.25) is 0 Å². The molecule has 0 radical (unpaired) electrons. The molecule has 0 heterocycles. The first-order chi connectivity index (χ1) is 10.7. The lowest BCUT2D eigenvalue weighted by Gasteiger charge is -2.15. The first-order valence-electron chi connectivity index (χ1n) is 6.88. The lowest BCUT2D eigenvalue weighted by atomic mass is 10.2. The number of benzene rings is 2. The van der Waals surface area contributed by atoms with Gasteiger partial charge in [0.1, 0.15) is 6.61 Å². The zero-order valence-corrected chi connectivity index (χ0v) is 11.9. The van der Waals surface area contributed by atoms with Crippen LogP contribution >= 0.6 is 0 Å². The number of rotatable bonds is 6. The maximum Gasteiger partial charge on any atom is 0.331 e. The summed E-state index contributed by atoms with van der Waals surface area (Å²) in [7, 11) is 0. The molecule has 0 aliphatic rings. The van der Waals surface area contributed by atoms with E-state index in [4.69, 9.17) is 4.74 Å². The molecular formula is C17H17NO4. The quantitative estimate of drug-likeness (QED) is 0.793. The monoisotopic (exact) mass is 299 g/mol. The van der Waals surface area contributed by atoms with Crippen LogP contribution < -0.4 is 5.32 Å². The molecule has 0 fully saturated rings. The van der Waals surface area contributed by atoms with E-state index < -0.39 is 24.5 Å². The van der Waals surface area contributed by atoms with Gasteiger partial charge in [-0.2, -0.15) is 0 Å². The number of carbonyl (C=O) groups is 2. The summed E-state index contributed by atoms with van der Waals surface area (Å²) in [6.45, 7) is -0.427. The molecule has 114 valence electrons. The van der Waals surface area contributed by atoms with Gasteiger partial charge in [-0.1, -0.05) is 48.5 Å². The van der Waals surface area contributed by atoms with E-state index in [1.54, 1.807) is 30.3 Å². The number of ether oxygens (including phenoxy) is 1.